The second-order valence-electron chi connectivity index (χ2n) is 4.04. The van der Waals surface area contributed by atoms with Crippen molar-refractivity contribution in [3.05, 3.63) is 18.1 Å². The molecule has 15 heavy (non-hydrogen) atoms. The molecule has 2 rings (SSSR count). The van der Waals surface area contributed by atoms with Gasteiger partial charge in [-0.05, 0) is 18.8 Å². The summed E-state index contributed by atoms with van der Waals surface area (Å²) in [6.45, 7) is 4.34. The maximum Gasteiger partial charge on any atom is 0.145 e. The van der Waals surface area contributed by atoms with Crippen LogP contribution in [0.4, 0.5) is 5.82 Å². The number of aromatic nitrogens is 2. The molecule has 0 saturated carbocycles. The van der Waals surface area contributed by atoms with E-state index in [-0.39, 0.29) is 0 Å². The van der Waals surface area contributed by atoms with E-state index in [4.69, 9.17) is 5.26 Å². The standard InChI is InChI=1S/C11H14N4/c1-9-2-4-15(5-3-9)11-6-10(7-12)13-8-14-11/h6,8-9H,2-5H2,1H3. The molecule has 1 aromatic rings. The van der Waals surface area contributed by atoms with Crippen LogP contribution in [0, 0.1) is 17.2 Å². The highest BCUT2D eigenvalue weighted by Gasteiger charge is 2.17. The Morgan fingerprint density at radius 2 is 2.13 bits per heavy atom. The Labute approximate surface area is 89.6 Å². The number of nitrogens with zero attached hydrogens (tertiary/aromatic N) is 4. The summed E-state index contributed by atoms with van der Waals surface area (Å²) in [4.78, 5) is 10.3. The zero-order valence-electron chi connectivity index (χ0n) is 8.85. The Morgan fingerprint density at radius 1 is 1.40 bits per heavy atom. The summed E-state index contributed by atoms with van der Waals surface area (Å²) >= 11 is 0. The normalized spacial score (nSPS) is 17.5. The molecule has 1 aliphatic heterocycles. The highest BCUT2D eigenvalue weighted by molar-refractivity contribution is 5.42. The van der Waals surface area contributed by atoms with Gasteiger partial charge in [-0.1, -0.05) is 6.92 Å². The number of nitriles is 1. The van der Waals surface area contributed by atoms with E-state index < -0.39 is 0 Å². The summed E-state index contributed by atoms with van der Waals surface area (Å²) in [6.07, 6.45) is 3.86. The molecule has 0 amide bonds. The summed E-state index contributed by atoms with van der Waals surface area (Å²) in [5.74, 6) is 1.69. The summed E-state index contributed by atoms with van der Waals surface area (Å²) in [7, 11) is 0. The van der Waals surface area contributed by atoms with Crippen molar-refractivity contribution in [2.45, 2.75) is 19.8 Å². The number of hydrogen-bond acceptors (Lipinski definition) is 4. The Kier molecular flexibility index (Phi) is 2.82. The zero-order valence-corrected chi connectivity index (χ0v) is 8.85. The Bertz CT molecular complexity index is 374. The van der Waals surface area contributed by atoms with E-state index >= 15 is 0 Å². The highest BCUT2D eigenvalue weighted by Crippen LogP contribution is 2.20. The van der Waals surface area contributed by atoms with Gasteiger partial charge < -0.3 is 4.90 Å². The van der Waals surface area contributed by atoms with Crippen molar-refractivity contribution in [2.24, 2.45) is 5.92 Å². The van der Waals surface area contributed by atoms with Crippen LogP contribution in [0.5, 0.6) is 0 Å². The molecule has 0 radical (unpaired) electrons. The third kappa shape index (κ3) is 2.24. The summed E-state index contributed by atoms with van der Waals surface area (Å²) < 4.78 is 0. The minimum absolute atomic E-state index is 0.443. The predicted octanol–water partition coefficient (Wildman–Crippen LogP) is 1.58. The van der Waals surface area contributed by atoms with Crippen LogP contribution in [0.3, 0.4) is 0 Å². The monoisotopic (exact) mass is 202 g/mol. The molecule has 0 spiro atoms. The molecule has 1 aliphatic rings. The molecular formula is C11H14N4. The lowest BCUT2D eigenvalue weighted by Gasteiger charge is -2.30. The van der Waals surface area contributed by atoms with Crippen LogP contribution in [0.1, 0.15) is 25.5 Å². The van der Waals surface area contributed by atoms with Crippen molar-refractivity contribution in [1.82, 2.24) is 9.97 Å². The third-order valence-corrected chi connectivity index (χ3v) is 2.87. The van der Waals surface area contributed by atoms with Gasteiger partial charge in [0.05, 0.1) is 0 Å². The molecule has 1 fully saturated rings. The van der Waals surface area contributed by atoms with Gasteiger partial charge in [0.1, 0.15) is 23.9 Å². The maximum atomic E-state index is 8.74. The van der Waals surface area contributed by atoms with Crippen molar-refractivity contribution in [1.29, 1.82) is 5.26 Å². The number of anilines is 1. The van der Waals surface area contributed by atoms with Gasteiger partial charge in [0, 0.05) is 19.2 Å². The minimum Gasteiger partial charge on any atom is -0.356 e. The summed E-state index contributed by atoms with van der Waals surface area (Å²) in [5.41, 5.74) is 0.443. The Balaban J connectivity index is 2.12. The lowest BCUT2D eigenvalue weighted by Crippen LogP contribution is -2.33. The molecule has 1 saturated heterocycles. The van der Waals surface area contributed by atoms with Crippen LogP contribution in [0.15, 0.2) is 12.4 Å². The molecular weight excluding hydrogens is 188 g/mol. The van der Waals surface area contributed by atoms with Crippen molar-refractivity contribution in [3.63, 3.8) is 0 Å². The first-order valence-electron chi connectivity index (χ1n) is 5.26. The van der Waals surface area contributed by atoms with E-state index in [1.807, 2.05) is 6.07 Å². The quantitative estimate of drug-likeness (QED) is 0.693. The van der Waals surface area contributed by atoms with Crippen molar-refractivity contribution >= 4 is 5.82 Å². The van der Waals surface area contributed by atoms with Gasteiger partial charge in [-0.15, -0.1) is 0 Å². The molecule has 1 aromatic heterocycles. The predicted molar refractivity (Wildman–Crippen MR) is 57.4 cm³/mol. The first-order valence-corrected chi connectivity index (χ1v) is 5.26. The van der Waals surface area contributed by atoms with Gasteiger partial charge in [0.2, 0.25) is 0 Å². The largest absolute Gasteiger partial charge is 0.356 e. The second kappa shape index (κ2) is 4.26. The van der Waals surface area contributed by atoms with Gasteiger partial charge in [0.15, 0.2) is 0 Å². The molecule has 0 aromatic carbocycles. The van der Waals surface area contributed by atoms with Gasteiger partial charge in [0.25, 0.3) is 0 Å². The van der Waals surface area contributed by atoms with Crippen LogP contribution < -0.4 is 4.90 Å². The molecule has 0 unspecified atom stereocenters. The number of rotatable bonds is 1. The van der Waals surface area contributed by atoms with Gasteiger partial charge in [-0.3, -0.25) is 0 Å². The average molecular weight is 202 g/mol. The fraction of sp³-hybridized carbons (Fsp3) is 0.545. The topological polar surface area (TPSA) is 52.8 Å². The van der Waals surface area contributed by atoms with Crippen LogP contribution in [0.25, 0.3) is 0 Å². The maximum absolute atomic E-state index is 8.74. The van der Waals surface area contributed by atoms with Gasteiger partial charge >= 0.3 is 0 Å². The molecule has 0 N–H and O–H groups in total. The van der Waals surface area contributed by atoms with Crippen LogP contribution in [0.2, 0.25) is 0 Å². The molecule has 78 valence electrons. The zero-order chi connectivity index (χ0) is 10.7. The first kappa shape index (κ1) is 9.91. The van der Waals surface area contributed by atoms with E-state index in [0.29, 0.717) is 5.69 Å². The molecule has 0 bridgehead atoms. The lowest BCUT2D eigenvalue weighted by atomic mass is 9.99. The van der Waals surface area contributed by atoms with E-state index in [1.165, 1.54) is 19.2 Å². The Hall–Kier alpha value is -1.63. The van der Waals surface area contributed by atoms with Gasteiger partial charge in [-0.2, -0.15) is 5.26 Å². The fourth-order valence-corrected chi connectivity index (χ4v) is 1.82. The van der Waals surface area contributed by atoms with Crippen molar-refractivity contribution in [2.75, 3.05) is 18.0 Å². The lowest BCUT2D eigenvalue weighted by molar-refractivity contribution is 0.436. The minimum atomic E-state index is 0.443. The van der Waals surface area contributed by atoms with Gasteiger partial charge in [-0.25, -0.2) is 9.97 Å². The van der Waals surface area contributed by atoms with Crippen LogP contribution in [-0.4, -0.2) is 23.1 Å². The molecule has 2 heterocycles. The highest BCUT2D eigenvalue weighted by atomic mass is 15.2. The van der Waals surface area contributed by atoms with Crippen molar-refractivity contribution in [3.8, 4) is 6.07 Å². The number of piperidine rings is 1. The Morgan fingerprint density at radius 3 is 2.80 bits per heavy atom. The van der Waals surface area contributed by atoms with E-state index in [2.05, 4.69) is 21.8 Å². The summed E-state index contributed by atoms with van der Waals surface area (Å²) in [5, 5.41) is 8.74. The number of hydrogen-bond donors (Lipinski definition) is 0. The van der Waals surface area contributed by atoms with Crippen LogP contribution >= 0.6 is 0 Å². The third-order valence-electron chi connectivity index (χ3n) is 2.87. The first-order chi connectivity index (χ1) is 7.29. The van der Waals surface area contributed by atoms with E-state index in [1.54, 1.807) is 6.07 Å². The molecule has 4 heteroatoms. The average Bonchev–Trinajstić information content (AvgIpc) is 2.30. The van der Waals surface area contributed by atoms with Crippen LogP contribution in [-0.2, 0) is 0 Å². The van der Waals surface area contributed by atoms with E-state index in [0.717, 1.165) is 24.8 Å². The smallest absolute Gasteiger partial charge is 0.145 e. The molecule has 4 nitrogen and oxygen atoms in total. The SMILES string of the molecule is CC1CCN(c2cc(C#N)ncn2)CC1. The van der Waals surface area contributed by atoms with E-state index in [9.17, 15) is 0 Å². The molecule has 0 atom stereocenters. The second-order valence-corrected chi connectivity index (χ2v) is 4.04. The summed E-state index contributed by atoms with van der Waals surface area (Å²) in [6, 6.07) is 3.80. The molecule has 0 aliphatic carbocycles. The van der Waals surface area contributed by atoms with Crippen molar-refractivity contribution < 1.29 is 0 Å². The fourth-order valence-electron chi connectivity index (χ4n) is 1.82.